The molecular formula is C11H15ClN2O2. The lowest BCUT2D eigenvalue weighted by Crippen LogP contribution is -2.42. The Morgan fingerprint density at radius 1 is 1.44 bits per heavy atom. The molecular weight excluding hydrogens is 228 g/mol. The predicted octanol–water partition coefficient (Wildman–Crippen LogP) is 1.13. The maximum absolute atomic E-state index is 11.5. The van der Waals surface area contributed by atoms with E-state index in [1.54, 1.807) is 29.2 Å². The first-order valence-electron chi connectivity index (χ1n) is 4.89. The number of benzene rings is 1. The van der Waals surface area contributed by atoms with E-state index in [0.717, 1.165) is 5.56 Å². The van der Waals surface area contributed by atoms with Crippen LogP contribution >= 0.6 is 11.8 Å². The summed E-state index contributed by atoms with van der Waals surface area (Å²) in [7, 11) is 3.63. The predicted molar refractivity (Wildman–Crippen MR) is 63.3 cm³/mol. The first-order chi connectivity index (χ1) is 7.54. The van der Waals surface area contributed by atoms with Gasteiger partial charge in [-0.15, -0.1) is 0 Å². The van der Waals surface area contributed by atoms with Crippen LogP contribution in [0.5, 0.6) is 5.75 Å². The number of rotatable bonds is 4. The third-order valence-electron chi connectivity index (χ3n) is 2.38. The van der Waals surface area contributed by atoms with Gasteiger partial charge in [-0.2, -0.15) is 0 Å². The molecule has 0 bridgehead atoms. The molecule has 0 aromatic heterocycles. The van der Waals surface area contributed by atoms with Crippen molar-refractivity contribution in [1.29, 1.82) is 0 Å². The van der Waals surface area contributed by atoms with Crippen LogP contribution in [0, 0.1) is 0 Å². The summed E-state index contributed by atoms with van der Waals surface area (Å²) in [6, 6.07) is 6.45. The minimum absolute atomic E-state index is 0.215. The highest BCUT2D eigenvalue weighted by molar-refractivity contribution is 6.22. The summed E-state index contributed by atoms with van der Waals surface area (Å²) < 4.78 is 0. The molecule has 4 nitrogen and oxygen atoms in total. The zero-order valence-corrected chi connectivity index (χ0v) is 10.0. The van der Waals surface area contributed by atoms with Crippen molar-refractivity contribution in [3.8, 4) is 5.75 Å². The molecule has 1 atom stereocenters. The Balaban J connectivity index is 2.75. The zero-order valence-electron chi connectivity index (χ0n) is 9.27. The van der Waals surface area contributed by atoms with Crippen molar-refractivity contribution in [3.05, 3.63) is 29.8 Å². The third-order valence-corrected chi connectivity index (χ3v) is 2.57. The van der Waals surface area contributed by atoms with E-state index in [2.05, 4.69) is 4.84 Å². The van der Waals surface area contributed by atoms with E-state index in [4.69, 9.17) is 16.9 Å². The SMILES string of the molecule is CN(C)[C@@H](Cc1ccc(O)cc1)C(=O)NCl. The number of likely N-dealkylation sites (N-methyl/N-ethyl adjacent to an activating group) is 1. The molecule has 0 fully saturated rings. The Morgan fingerprint density at radius 2 is 2.00 bits per heavy atom. The van der Waals surface area contributed by atoms with Gasteiger partial charge in [-0.25, -0.2) is 0 Å². The first kappa shape index (κ1) is 12.8. The van der Waals surface area contributed by atoms with Crippen LogP contribution in [0.25, 0.3) is 0 Å². The second kappa shape index (κ2) is 5.72. The van der Waals surface area contributed by atoms with Gasteiger partial charge in [-0.1, -0.05) is 12.1 Å². The molecule has 5 heteroatoms. The van der Waals surface area contributed by atoms with Crippen molar-refractivity contribution in [2.45, 2.75) is 12.5 Å². The van der Waals surface area contributed by atoms with Crippen LogP contribution in [-0.2, 0) is 11.2 Å². The molecule has 1 aromatic rings. The van der Waals surface area contributed by atoms with Gasteiger partial charge in [0, 0.05) is 11.8 Å². The Hall–Kier alpha value is -1.26. The maximum Gasteiger partial charge on any atom is 0.251 e. The van der Waals surface area contributed by atoms with E-state index in [0.29, 0.717) is 6.42 Å². The molecule has 0 saturated heterocycles. The van der Waals surface area contributed by atoms with Crippen molar-refractivity contribution in [1.82, 2.24) is 9.74 Å². The number of halogens is 1. The van der Waals surface area contributed by atoms with E-state index in [1.807, 2.05) is 14.1 Å². The molecule has 0 aliphatic rings. The Morgan fingerprint density at radius 3 is 2.44 bits per heavy atom. The monoisotopic (exact) mass is 242 g/mol. The van der Waals surface area contributed by atoms with Gasteiger partial charge in [0.2, 0.25) is 0 Å². The van der Waals surface area contributed by atoms with Crippen molar-refractivity contribution in [2.24, 2.45) is 0 Å². The molecule has 0 saturated carbocycles. The van der Waals surface area contributed by atoms with Crippen LogP contribution in [0.4, 0.5) is 0 Å². The highest BCUT2D eigenvalue weighted by Crippen LogP contribution is 2.12. The summed E-state index contributed by atoms with van der Waals surface area (Å²) in [4.78, 5) is 15.4. The quantitative estimate of drug-likeness (QED) is 0.779. The van der Waals surface area contributed by atoms with Crippen LogP contribution in [0.2, 0.25) is 0 Å². The molecule has 1 aromatic carbocycles. The van der Waals surface area contributed by atoms with Crippen LogP contribution in [0.15, 0.2) is 24.3 Å². The zero-order chi connectivity index (χ0) is 12.1. The molecule has 0 aliphatic carbocycles. The molecule has 0 aliphatic heterocycles. The Labute approximate surface area is 99.9 Å². The second-order valence-electron chi connectivity index (χ2n) is 3.81. The minimum Gasteiger partial charge on any atom is -0.508 e. The number of hydrogen-bond acceptors (Lipinski definition) is 3. The van der Waals surface area contributed by atoms with Crippen molar-refractivity contribution < 1.29 is 9.90 Å². The second-order valence-corrected chi connectivity index (χ2v) is 4.00. The normalized spacial score (nSPS) is 12.5. The number of phenols is 1. The topological polar surface area (TPSA) is 52.6 Å². The summed E-state index contributed by atoms with van der Waals surface area (Å²) >= 11 is 5.32. The summed E-state index contributed by atoms with van der Waals surface area (Å²) in [6.07, 6.45) is 0.547. The van der Waals surface area contributed by atoms with E-state index in [9.17, 15) is 4.79 Å². The van der Waals surface area contributed by atoms with Crippen LogP contribution < -0.4 is 4.84 Å². The van der Waals surface area contributed by atoms with Crippen molar-refractivity contribution in [3.63, 3.8) is 0 Å². The van der Waals surface area contributed by atoms with Gasteiger partial charge >= 0.3 is 0 Å². The lowest BCUT2D eigenvalue weighted by atomic mass is 10.0. The molecule has 0 heterocycles. The van der Waals surface area contributed by atoms with Gasteiger partial charge in [-0.3, -0.25) is 14.5 Å². The fraction of sp³-hybridized carbons (Fsp3) is 0.364. The van der Waals surface area contributed by atoms with Crippen LogP contribution in [-0.4, -0.2) is 36.1 Å². The summed E-state index contributed by atoms with van der Waals surface area (Å²) in [5, 5.41) is 9.14. The highest BCUT2D eigenvalue weighted by atomic mass is 35.5. The molecule has 0 radical (unpaired) electrons. The van der Waals surface area contributed by atoms with Gasteiger partial charge in [-0.05, 0) is 38.2 Å². The minimum atomic E-state index is -0.318. The van der Waals surface area contributed by atoms with Gasteiger partial charge < -0.3 is 5.11 Å². The standard InChI is InChI=1S/C11H15ClN2O2/c1-14(2)10(11(16)13-12)7-8-3-5-9(15)6-4-8/h3-6,10,15H,7H2,1-2H3,(H,13,16)/t10-/m0/s1. The van der Waals surface area contributed by atoms with Gasteiger partial charge in [0.05, 0.1) is 6.04 Å². The summed E-state index contributed by atoms with van der Waals surface area (Å²) in [5.41, 5.74) is 0.969. The van der Waals surface area contributed by atoms with Crippen molar-refractivity contribution in [2.75, 3.05) is 14.1 Å². The van der Waals surface area contributed by atoms with Crippen LogP contribution in [0.1, 0.15) is 5.56 Å². The van der Waals surface area contributed by atoms with Gasteiger partial charge in [0.25, 0.3) is 5.91 Å². The van der Waals surface area contributed by atoms with E-state index in [-0.39, 0.29) is 17.7 Å². The molecule has 16 heavy (non-hydrogen) atoms. The molecule has 1 amide bonds. The fourth-order valence-electron chi connectivity index (χ4n) is 1.43. The molecule has 0 spiro atoms. The fourth-order valence-corrected chi connectivity index (χ4v) is 1.55. The smallest absolute Gasteiger partial charge is 0.251 e. The van der Waals surface area contributed by atoms with Crippen LogP contribution in [0.3, 0.4) is 0 Å². The summed E-state index contributed by atoms with van der Waals surface area (Å²) in [5.74, 6) is -0.0216. The average Bonchev–Trinajstić information content (AvgIpc) is 2.27. The van der Waals surface area contributed by atoms with E-state index < -0.39 is 0 Å². The van der Waals surface area contributed by atoms with E-state index >= 15 is 0 Å². The Kier molecular flexibility index (Phi) is 4.58. The number of carbonyl (C=O) groups excluding carboxylic acids is 1. The number of phenolic OH excluding ortho intramolecular Hbond substituents is 1. The van der Waals surface area contributed by atoms with Gasteiger partial charge in [0.1, 0.15) is 5.75 Å². The number of aromatic hydroxyl groups is 1. The van der Waals surface area contributed by atoms with E-state index in [1.165, 1.54) is 0 Å². The average molecular weight is 243 g/mol. The molecule has 2 N–H and O–H groups in total. The number of carbonyl (C=O) groups is 1. The molecule has 1 rings (SSSR count). The summed E-state index contributed by atoms with van der Waals surface area (Å²) in [6.45, 7) is 0. The van der Waals surface area contributed by atoms with Crippen molar-refractivity contribution >= 4 is 17.7 Å². The number of nitrogens with one attached hydrogen (secondary N) is 1. The first-order valence-corrected chi connectivity index (χ1v) is 5.27. The lowest BCUT2D eigenvalue weighted by molar-refractivity contribution is -0.123. The highest BCUT2D eigenvalue weighted by Gasteiger charge is 2.20. The maximum atomic E-state index is 11.5. The van der Waals surface area contributed by atoms with Gasteiger partial charge in [0.15, 0.2) is 0 Å². The number of nitrogens with zero attached hydrogens (tertiary/aromatic N) is 1. The molecule has 0 unspecified atom stereocenters. The lowest BCUT2D eigenvalue weighted by Gasteiger charge is -2.21. The Bertz CT molecular complexity index is 352. The number of hydrogen-bond donors (Lipinski definition) is 2. The number of amides is 1. The molecule has 88 valence electrons. The largest absolute Gasteiger partial charge is 0.508 e. The third kappa shape index (κ3) is 3.40.